The van der Waals surface area contributed by atoms with Crippen LogP contribution in [0.25, 0.3) is 20.4 Å². The Hall–Kier alpha value is -2.43. The summed E-state index contributed by atoms with van der Waals surface area (Å²) in [5, 5.41) is 6.21. The van der Waals surface area contributed by atoms with Gasteiger partial charge in [-0.15, -0.1) is 22.7 Å². The summed E-state index contributed by atoms with van der Waals surface area (Å²) >= 11 is 20.9. The molecule has 12 heteroatoms. The molecule has 0 fully saturated rings. The molecule has 1 N–H and O–H groups in total. The van der Waals surface area contributed by atoms with E-state index >= 15 is 0 Å². The highest BCUT2D eigenvalue weighted by Gasteiger charge is 2.15. The summed E-state index contributed by atoms with van der Waals surface area (Å²) in [6, 6.07) is 5.82. The fourth-order valence-electron chi connectivity index (χ4n) is 3.70. The van der Waals surface area contributed by atoms with Gasteiger partial charge in [0, 0.05) is 16.3 Å². The van der Waals surface area contributed by atoms with Gasteiger partial charge in [0.2, 0.25) is 10.6 Å². The van der Waals surface area contributed by atoms with Crippen LogP contribution in [0.3, 0.4) is 0 Å². The molecule has 0 aliphatic rings. The number of halogens is 3. The van der Waals surface area contributed by atoms with Crippen molar-refractivity contribution in [1.82, 2.24) is 19.9 Å². The van der Waals surface area contributed by atoms with Crippen molar-refractivity contribution in [2.24, 2.45) is 0 Å². The standard InChI is InChI=1S/C17H18ClN3O2S.C8H6Cl2N2S/c1-9-10(2)24-16-14(9)15(20-17(18)21-16)19-8-11-5-6-12(22-3)13(7-11)23-4;1-3-4(2)13-7-5(3)6(9)11-8(10)12-7/h5-7H,8H2,1-4H3,(H,19,20,21);1-2H3. The smallest absolute Gasteiger partial charge is 0.225 e. The van der Waals surface area contributed by atoms with Crippen LogP contribution < -0.4 is 14.8 Å². The van der Waals surface area contributed by atoms with Crippen LogP contribution in [0.15, 0.2) is 18.2 Å². The largest absolute Gasteiger partial charge is 0.493 e. The number of nitrogens with one attached hydrogen (secondary N) is 1. The third kappa shape index (κ3) is 5.86. The van der Waals surface area contributed by atoms with Crippen LogP contribution in [0.4, 0.5) is 5.82 Å². The maximum Gasteiger partial charge on any atom is 0.225 e. The summed E-state index contributed by atoms with van der Waals surface area (Å²) < 4.78 is 10.6. The highest BCUT2D eigenvalue weighted by Crippen LogP contribution is 2.35. The Kier molecular flexibility index (Phi) is 8.60. The van der Waals surface area contributed by atoms with Crippen LogP contribution >= 0.6 is 57.5 Å². The fourth-order valence-corrected chi connectivity index (χ4v) is 6.61. The Morgan fingerprint density at radius 1 is 0.757 bits per heavy atom. The van der Waals surface area contributed by atoms with Gasteiger partial charge in [-0.05, 0) is 79.7 Å². The van der Waals surface area contributed by atoms with Gasteiger partial charge in [0.25, 0.3) is 0 Å². The molecule has 0 radical (unpaired) electrons. The first-order valence-electron chi connectivity index (χ1n) is 11.1. The molecule has 194 valence electrons. The topological polar surface area (TPSA) is 82.0 Å². The number of fused-ring (bicyclic) bond motifs is 2. The van der Waals surface area contributed by atoms with Crippen molar-refractivity contribution in [3.8, 4) is 11.5 Å². The summed E-state index contributed by atoms with van der Waals surface area (Å²) in [6.07, 6.45) is 0. The number of aryl methyl sites for hydroxylation is 4. The molecule has 0 spiro atoms. The molecule has 1 aromatic carbocycles. The van der Waals surface area contributed by atoms with Crippen molar-refractivity contribution in [3.05, 3.63) is 60.4 Å². The summed E-state index contributed by atoms with van der Waals surface area (Å²) in [6.45, 7) is 8.79. The Balaban J connectivity index is 0.000000207. The normalized spacial score (nSPS) is 10.9. The van der Waals surface area contributed by atoms with Crippen molar-refractivity contribution in [2.45, 2.75) is 34.2 Å². The second kappa shape index (κ2) is 11.5. The zero-order chi connectivity index (χ0) is 26.9. The molecule has 0 aliphatic heterocycles. The van der Waals surface area contributed by atoms with E-state index in [1.54, 1.807) is 36.9 Å². The second-order valence-corrected chi connectivity index (χ2v) is 11.5. The molecular formula is C25H24Cl3N5O2S2. The van der Waals surface area contributed by atoms with Crippen molar-refractivity contribution < 1.29 is 9.47 Å². The van der Waals surface area contributed by atoms with Crippen molar-refractivity contribution in [1.29, 1.82) is 0 Å². The molecule has 0 amide bonds. The Labute approximate surface area is 237 Å². The third-order valence-electron chi connectivity index (χ3n) is 5.87. The molecule has 4 aromatic heterocycles. The first-order valence-corrected chi connectivity index (χ1v) is 13.9. The highest BCUT2D eigenvalue weighted by molar-refractivity contribution is 7.19. The second-order valence-electron chi connectivity index (χ2n) is 8.09. The SMILES string of the molecule is COc1ccc(CNc2nc(Cl)nc3sc(C)c(C)c23)cc1OC.Cc1sc2nc(Cl)nc(Cl)c2c1C. The Morgan fingerprint density at radius 3 is 1.95 bits per heavy atom. The van der Waals surface area contributed by atoms with Gasteiger partial charge < -0.3 is 14.8 Å². The molecule has 0 saturated heterocycles. The molecule has 4 heterocycles. The lowest BCUT2D eigenvalue weighted by Crippen LogP contribution is -2.03. The predicted octanol–water partition coefficient (Wildman–Crippen LogP) is 8.21. The maximum absolute atomic E-state index is 6.06. The molecule has 0 saturated carbocycles. The van der Waals surface area contributed by atoms with E-state index in [9.17, 15) is 0 Å². The van der Waals surface area contributed by atoms with Crippen LogP contribution in [0.1, 0.15) is 26.4 Å². The van der Waals surface area contributed by atoms with Gasteiger partial charge in [-0.25, -0.2) is 19.9 Å². The average Bonchev–Trinajstić information content (AvgIpc) is 3.31. The number of thiophene rings is 2. The number of rotatable bonds is 5. The van der Waals surface area contributed by atoms with Gasteiger partial charge >= 0.3 is 0 Å². The van der Waals surface area contributed by atoms with E-state index in [0.717, 1.165) is 37.4 Å². The van der Waals surface area contributed by atoms with Gasteiger partial charge in [-0.3, -0.25) is 0 Å². The molecule has 0 aliphatic carbocycles. The van der Waals surface area contributed by atoms with E-state index in [-0.39, 0.29) is 10.6 Å². The molecule has 7 nitrogen and oxygen atoms in total. The zero-order valence-electron chi connectivity index (χ0n) is 21.0. The number of hydrogen-bond acceptors (Lipinski definition) is 9. The minimum absolute atomic E-state index is 0.207. The van der Waals surface area contributed by atoms with Crippen molar-refractivity contribution in [3.63, 3.8) is 0 Å². The molecular weight excluding hydrogens is 573 g/mol. The Bertz CT molecular complexity index is 1600. The van der Waals surface area contributed by atoms with Crippen molar-refractivity contribution in [2.75, 3.05) is 19.5 Å². The monoisotopic (exact) mass is 595 g/mol. The van der Waals surface area contributed by atoms with E-state index in [2.05, 4.69) is 39.1 Å². The Morgan fingerprint density at radius 2 is 1.32 bits per heavy atom. The molecule has 0 bridgehead atoms. The van der Waals surface area contributed by atoms with Gasteiger partial charge in [0.05, 0.1) is 25.0 Å². The van der Waals surface area contributed by atoms with Gasteiger partial charge in [-0.2, -0.15) is 0 Å². The zero-order valence-corrected chi connectivity index (χ0v) is 24.9. The fraction of sp³-hybridized carbons (Fsp3) is 0.280. The average molecular weight is 597 g/mol. The highest BCUT2D eigenvalue weighted by atomic mass is 35.5. The predicted molar refractivity (Wildman–Crippen MR) is 156 cm³/mol. The number of anilines is 1. The van der Waals surface area contributed by atoms with Crippen molar-refractivity contribution >= 4 is 83.7 Å². The van der Waals surface area contributed by atoms with Gasteiger partial charge in [-0.1, -0.05) is 17.7 Å². The van der Waals surface area contributed by atoms with Crippen LogP contribution in [0.5, 0.6) is 11.5 Å². The first-order chi connectivity index (χ1) is 17.6. The number of nitrogens with zero attached hydrogens (tertiary/aromatic N) is 4. The lowest BCUT2D eigenvalue weighted by atomic mass is 10.2. The summed E-state index contributed by atoms with van der Waals surface area (Å²) in [5.74, 6) is 2.16. The van der Waals surface area contributed by atoms with E-state index in [4.69, 9.17) is 44.3 Å². The van der Waals surface area contributed by atoms with Crippen LogP contribution in [-0.2, 0) is 6.54 Å². The van der Waals surface area contributed by atoms with E-state index < -0.39 is 0 Å². The number of methoxy groups -OCH3 is 2. The van der Waals surface area contributed by atoms with Crippen LogP contribution in [-0.4, -0.2) is 34.2 Å². The molecule has 5 aromatic rings. The van der Waals surface area contributed by atoms with E-state index in [1.807, 2.05) is 32.0 Å². The lowest BCUT2D eigenvalue weighted by molar-refractivity contribution is 0.354. The minimum Gasteiger partial charge on any atom is -0.493 e. The number of aromatic nitrogens is 4. The summed E-state index contributed by atoms with van der Waals surface area (Å²) in [7, 11) is 3.25. The van der Waals surface area contributed by atoms with Crippen LogP contribution in [0, 0.1) is 27.7 Å². The first kappa shape index (κ1) is 27.6. The number of hydrogen-bond donors (Lipinski definition) is 1. The molecule has 0 atom stereocenters. The third-order valence-corrected chi connectivity index (χ3v) is 8.68. The van der Waals surface area contributed by atoms with E-state index in [0.29, 0.717) is 23.2 Å². The quantitative estimate of drug-likeness (QED) is 0.162. The number of benzene rings is 1. The molecule has 5 rings (SSSR count). The lowest BCUT2D eigenvalue weighted by Gasteiger charge is -2.11. The minimum atomic E-state index is 0.207. The van der Waals surface area contributed by atoms with Gasteiger partial charge in [0.1, 0.15) is 20.6 Å². The summed E-state index contributed by atoms with van der Waals surface area (Å²) in [4.78, 5) is 20.9. The summed E-state index contributed by atoms with van der Waals surface area (Å²) in [5.41, 5.74) is 3.38. The molecule has 37 heavy (non-hydrogen) atoms. The van der Waals surface area contributed by atoms with E-state index in [1.165, 1.54) is 15.3 Å². The van der Waals surface area contributed by atoms with Crippen LogP contribution in [0.2, 0.25) is 15.7 Å². The molecule has 0 unspecified atom stereocenters. The number of ether oxygens (including phenoxy) is 2. The van der Waals surface area contributed by atoms with Gasteiger partial charge in [0.15, 0.2) is 11.5 Å². The maximum atomic E-state index is 6.06.